The minimum atomic E-state index is -0.602. The first-order valence-electron chi connectivity index (χ1n) is 11.5. The number of esters is 1. The van der Waals surface area contributed by atoms with Crippen molar-refractivity contribution in [1.82, 2.24) is 10.7 Å². The van der Waals surface area contributed by atoms with Gasteiger partial charge in [0.15, 0.2) is 11.5 Å². The van der Waals surface area contributed by atoms with Crippen LogP contribution in [0.15, 0.2) is 106 Å². The van der Waals surface area contributed by atoms with Crippen molar-refractivity contribution in [2.45, 2.75) is 0 Å². The van der Waals surface area contributed by atoms with Crippen molar-refractivity contribution in [2.24, 2.45) is 5.10 Å². The van der Waals surface area contributed by atoms with Gasteiger partial charge in [0.2, 0.25) is 0 Å². The molecule has 0 unspecified atom stereocenters. The van der Waals surface area contributed by atoms with Crippen LogP contribution in [0.4, 0.5) is 0 Å². The summed E-state index contributed by atoms with van der Waals surface area (Å²) in [6.07, 6.45) is 2.98. The van der Waals surface area contributed by atoms with Gasteiger partial charge in [0.1, 0.15) is 5.70 Å². The maximum absolute atomic E-state index is 12.9. The van der Waals surface area contributed by atoms with E-state index < -0.39 is 17.8 Å². The molecule has 4 aromatic rings. The highest BCUT2D eigenvalue weighted by Crippen LogP contribution is 2.29. The molecule has 0 aliphatic heterocycles. The van der Waals surface area contributed by atoms with Gasteiger partial charge in [-0.25, -0.2) is 10.2 Å². The standard InChI is InChI=1S/C29H22BrN3O5S/c1-37-26-16-19(13-14-25(26)38-29(36)22-11-5-6-12-23(22)30)18-31-33-28(35)24(17-21-10-7-15-39-21)32-27(34)20-8-3-2-4-9-20/h2-18H,1H3,(H,32,34)(H,33,35)/b24-17+,31-18-. The first-order chi connectivity index (χ1) is 18.9. The van der Waals surface area contributed by atoms with Crippen molar-refractivity contribution < 1.29 is 23.9 Å². The maximum Gasteiger partial charge on any atom is 0.344 e. The summed E-state index contributed by atoms with van der Waals surface area (Å²) >= 11 is 4.76. The van der Waals surface area contributed by atoms with Crippen molar-refractivity contribution in [3.05, 3.63) is 122 Å². The number of hydrogen-bond acceptors (Lipinski definition) is 7. The molecule has 196 valence electrons. The van der Waals surface area contributed by atoms with Crippen LogP contribution in [0.2, 0.25) is 0 Å². The first kappa shape index (κ1) is 27.5. The molecule has 0 atom stereocenters. The van der Waals surface area contributed by atoms with Crippen LogP contribution >= 0.6 is 27.3 Å². The smallest absolute Gasteiger partial charge is 0.344 e. The van der Waals surface area contributed by atoms with E-state index >= 15 is 0 Å². The third-order valence-electron chi connectivity index (χ3n) is 5.22. The van der Waals surface area contributed by atoms with Crippen LogP contribution in [0.1, 0.15) is 31.2 Å². The van der Waals surface area contributed by atoms with Crippen LogP contribution in [0.3, 0.4) is 0 Å². The molecule has 2 N–H and O–H groups in total. The number of carbonyl (C=O) groups excluding carboxylic acids is 3. The molecule has 8 nitrogen and oxygen atoms in total. The van der Waals surface area contributed by atoms with Crippen LogP contribution < -0.4 is 20.2 Å². The van der Waals surface area contributed by atoms with Gasteiger partial charge in [-0.15, -0.1) is 11.3 Å². The molecule has 1 heterocycles. The number of benzene rings is 3. The number of rotatable bonds is 9. The number of hydrazone groups is 1. The van der Waals surface area contributed by atoms with Crippen molar-refractivity contribution in [3.8, 4) is 11.5 Å². The zero-order valence-electron chi connectivity index (χ0n) is 20.6. The van der Waals surface area contributed by atoms with Crippen LogP contribution in [0.25, 0.3) is 6.08 Å². The van der Waals surface area contributed by atoms with E-state index in [4.69, 9.17) is 9.47 Å². The number of thiophene rings is 1. The predicted molar refractivity (Wildman–Crippen MR) is 154 cm³/mol. The Morgan fingerprint density at radius 1 is 0.923 bits per heavy atom. The van der Waals surface area contributed by atoms with Gasteiger partial charge in [0.25, 0.3) is 11.8 Å². The maximum atomic E-state index is 12.9. The monoisotopic (exact) mass is 603 g/mol. The Labute approximate surface area is 237 Å². The fraction of sp³-hybridized carbons (Fsp3) is 0.0345. The van der Waals surface area contributed by atoms with E-state index in [-0.39, 0.29) is 11.4 Å². The summed E-state index contributed by atoms with van der Waals surface area (Å²) in [5.74, 6) is -1.04. The number of methoxy groups -OCH3 is 1. The van der Waals surface area contributed by atoms with Crippen molar-refractivity contribution in [1.29, 1.82) is 0 Å². The molecular formula is C29H22BrN3O5S. The molecule has 39 heavy (non-hydrogen) atoms. The molecule has 0 fully saturated rings. The molecule has 1 aromatic heterocycles. The molecule has 3 aromatic carbocycles. The highest BCUT2D eigenvalue weighted by molar-refractivity contribution is 9.10. The van der Waals surface area contributed by atoms with E-state index in [2.05, 4.69) is 31.8 Å². The lowest BCUT2D eigenvalue weighted by Crippen LogP contribution is -2.32. The fourth-order valence-corrected chi connectivity index (χ4v) is 4.42. The predicted octanol–water partition coefficient (Wildman–Crippen LogP) is 5.66. The molecule has 4 rings (SSSR count). The Morgan fingerprint density at radius 2 is 1.69 bits per heavy atom. The average Bonchev–Trinajstić information content (AvgIpc) is 3.47. The lowest BCUT2D eigenvalue weighted by atomic mass is 10.2. The topological polar surface area (TPSA) is 106 Å². The van der Waals surface area contributed by atoms with Crippen LogP contribution in [0, 0.1) is 0 Å². The molecule has 0 spiro atoms. The van der Waals surface area contributed by atoms with Gasteiger partial charge in [0, 0.05) is 14.9 Å². The van der Waals surface area contributed by atoms with Crippen molar-refractivity contribution in [3.63, 3.8) is 0 Å². The van der Waals surface area contributed by atoms with Crippen LogP contribution in [0.5, 0.6) is 11.5 Å². The van der Waals surface area contributed by atoms with Gasteiger partial charge in [-0.2, -0.15) is 5.10 Å². The third-order valence-corrected chi connectivity index (χ3v) is 6.73. The van der Waals surface area contributed by atoms with E-state index in [9.17, 15) is 14.4 Å². The number of hydrogen-bond donors (Lipinski definition) is 2. The quantitative estimate of drug-likeness (QED) is 0.0844. The lowest BCUT2D eigenvalue weighted by molar-refractivity contribution is -0.117. The van der Waals surface area contributed by atoms with Crippen molar-refractivity contribution >= 4 is 57.3 Å². The van der Waals surface area contributed by atoms with Gasteiger partial charge in [0.05, 0.1) is 18.9 Å². The minimum absolute atomic E-state index is 0.0374. The van der Waals surface area contributed by atoms with E-state index in [0.717, 1.165) is 4.88 Å². The number of nitrogens with one attached hydrogen (secondary N) is 2. The second-order valence-electron chi connectivity index (χ2n) is 7.87. The SMILES string of the molecule is COc1cc(/C=N\NC(=O)/C(=C\c2cccs2)NC(=O)c2ccccc2)ccc1OC(=O)c1ccccc1Br. The minimum Gasteiger partial charge on any atom is -0.493 e. The van der Waals surface area contributed by atoms with Gasteiger partial charge in [-0.1, -0.05) is 36.4 Å². The van der Waals surface area contributed by atoms with Crippen LogP contribution in [-0.4, -0.2) is 31.1 Å². The summed E-state index contributed by atoms with van der Waals surface area (Å²) in [6, 6.07) is 24.0. The molecule has 10 heteroatoms. The highest BCUT2D eigenvalue weighted by Gasteiger charge is 2.16. The molecule has 0 radical (unpaired) electrons. The molecule has 0 aliphatic carbocycles. The Hall–Kier alpha value is -4.54. The third kappa shape index (κ3) is 7.50. The van der Waals surface area contributed by atoms with E-state index in [1.54, 1.807) is 78.9 Å². The van der Waals surface area contributed by atoms with E-state index in [1.807, 2.05) is 17.5 Å². The Bertz CT molecular complexity index is 1540. The van der Waals surface area contributed by atoms with E-state index in [1.165, 1.54) is 24.7 Å². The van der Waals surface area contributed by atoms with Gasteiger partial charge < -0.3 is 14.8 Å². The Balaban J connectivity index is 1.45. The van der Waals surface area contributed by atoms with Gasteiger partial charge in [-0.05, 0) is 81.5 Å². The highest BCUT2D eigenvalue weighted by atomic mass is 79.9. The second-order valence-corrected chi connectivity index (χ2v) is 9.71. The van der Waals surface area contributed by atoms with E-state index in [0.29, 0.717) is 26.9 Å². The number of carbonyl (C=O) groups is 3. The molecule has 0 saturated heterocycles. The average molecular weight is 604 g/mol. The largest absolute Gasteiger partial charge is 0.493 e. The fourth-order valence-electron chi connectivity index (χ4n) is 3.31. The van der Waals surface area contributed by atoms with Crippen LogP contribution in [-0.2, 0) is 4.79 Å². The summed E-state index contributed by atoms with van der Waals surface area (Å²) in [5, 5.41) is 8.53. The Morgan fingerprint density at radius 3 is 2.41 bits per heavy atom. The first-order valence-corrected chi connectivity index (χ1v) is 13.2. The normalized spacial score (nSPS) is 11.2. The molecule has 0 aliphatic rings. The Kier molecular flexibility index (Phi) is 9.39. The summed E-state index contributed by atoms with van der Waals surface area (Å²) in [5.41, 5.74) is 3.83. The number of nitrogens with zero attached hydrogens (tertiary/aromatic N) is 1. The molecule has 0 saturated carbocycles. The van der Waals surface area contributed by atoms with Gasteiger partial charge >= 0.3 is 5.97 Å². The number of amides is 2. The molecule has 0 bridgehead atoms. The number of ether oxygens (including phenoxy) is 2. The molecule has 2 amide bonds. The summed E-state index contributed by atoms with van der Waals surface area (Å²) in [7, 11) is 1.45. The lowest BCUT2D eigenvalue weighted by Gasteiger charge is -2.11. The van der Waals surface area contributed by atoms with Crippen molar-refractivity contribution in [2.75, 3.05) is 7.11 Å². The molecular weight excluding hydrogens is 582 g/mol. The zero-order chi connectivity index (χ0) is 27.6. The summed E-state index contributed by atoms with van der Waals surface area (Å²) in [4.78, 5) is 38.9. The second kappa shape index (κ2) is 13.3. The summed E-state index contributed by atoms with van der Waals surface area (Å²) < 4.78 is 11.5. The van der Waals surface area contributed by atoms with Gasteiger partial charge in [-0.3, -0.25) is 9.59 Å². The zero-order valence-corrected chi connectivity index (χ0v) is 23.0. The summed E-state index contributed by atoms with van der Waals surface area (Å²) in [6.45, 7) is 0. The number of halogens is 1.